The lowest BCUT2D eigenvalue weighted by atomic mass is 10.2. The molecule has 3 aromatic rings. The number of nitrogens with zero attached hydrogens (tertiary/aromatic N) is 2. The summed E-state index contributed by atoms with van der Waals surface area (Å²) in [5.74, 6) is -0.356. The van der Waals surface area contributed by atoms with Gasteiger partial charge in [-0.15, -0.1) is 0 Å². The standard InChI is InChI=1S/C17H16ClN5O3S2/c1-10-15(27-17(21-10)22-14(24)8-19)11-7-13(16(18)20-9-11)23-28(25,26)12-5-3-2-4-6-12/h2-7,9,23H,8,19H2,1H3,(H,21,22,24). The molecule has 0 unspecified atom stereocenters. The molecule has 4 N–H and O–H groups in total. The van der Waals surface area contributed by atoms with Gasteiger partial charge < -0.3 is 11.1 Å². The third kappa shape index (κ3) is 4.47. The van der Waals surface area contributed by atoms with Crippen molar-refractivity contribution in [2.75, 3.05) is 16.6 Å². The van der Waals surface area contributed by atoms with Gasteiger partial charge in [0.2, 0.25) is 5.91 Å². The summed E-state index contributed by atoms with van der Waals surface area (Å²) in [5, 5.41) is 3.00. The third-order valence-electron chi connectivity index (χ3n) is 3.63. The molecule has 28 heavy (non-hydrogen) atoms. The molecule has 0 spiro atoms. The van der Waals surface area contributed by atoms with E-state index in [0.717, 1.165) is 4.88 Å². The summed E-state index contributed by atoms with van der Waals surface area (Å²) in [7, 11) is -3.82. The number of amides is 1. The van der Waals surface area contributed by atoms with Gasteiger partial charge in [0.15, 0.2) is 10.3 Å². The highest BCUT2D eigenvalue weighted by molar-refractivity contribution is 7.92. The number of hydrogen-bond acceptors (Lipinski definition) is 7. The first-order chi connectivity index (χ1) is 13.3. The van der Waals surface area contributed by atoms with Crippen LogP contribution in [0.4, 0.5) is 10.8 Å². The molecule has 1 amide bonds. The smallest absolute Gasteiger partial charge is 0.261 e. The monoisotopic (exact) mass is 437 g/mol. The fraction of sp³-hybridized carbons (Fsp3) is 0.118. The molecule has 0 fully saturated rings. The lowest BCUT2D eigenvalue weighted by molar-refractivity contribution is -0.114. The Kier molecular flexibility index (Phi) is 5.94. The predicted molar refractivity (Wildman–Crippen MR) is 110 cm³/mol. The topological polar surface area (TPSA) is 127 Å². The number of aryl methyl sites for hydroxylation is 1. The minimum absolute atomic E-state index is 0.0158. The van der Waals surface area contributed by atoms with E-state index in [-0.39, 0.29) is 28.2 Å². The van der Waals surface area contributed by atoms with Gasteiger partial charge in [0.05, 0.1) is 27.7 Å². The summed E-state index contributed by atoms with van der Waals surface area (Å²) >= 11 is 7.31. The van der Waals surface area contributed by atoms with Crippen molar-refractivity contribution < 1.29 is 13.2 Å². The number of aromatic nitrogens is 2. The number of halogens is 1. The second kappa shape index (κ2) is 8.23. The molecule has 0 saturated heterocycles. The number of thiazole rings is 1. The van der Waals surface area contributed by atoms with Crippen LogP contribution < -0.4 is 15.8 Å². The minimum Gasteiger partial charge on any atom is -0.322 e. The van der Waals surface area contributed by atoms with Crippen molar-refractivity contribution in [1.82, 2.24) is 9.97 Å². The Morgan fingerprint density at radius 1 is 1.29 bits per heavy atom. The number of sulfonamides is 1. The first kappa shape index (κ1) is 20.2. The van der Waals surface area contributed by atoms with Gasteiger partial charge in [0.25, 0.3) is 10.0 Å². The van der Waals surface area contributed by atoms with Crippen LogP contribution >= 0.6 is 22.9 Å². The third-order valence-corrected chi connectivity index (χ3v) is 6.43. The number of carbonyl (C=O) groups excluding carboxylic acids is 1. The molecule has 146 valence electrons. The second-order valence-electron chi connectivity index (χ2n) is 5.67. The number of carbonyl (C=O) groups is 1. The lowest BCUT2D eigenvalue weighted by Gasteiger charge is -2.10. The van der Waals surface area contributed by atoms with Crippen LogP contribution in [-0.2, 0) is 14.8 Å². The van der Waals surface area contributed by atoms with Crippen molar-refractivity contribution in [2.45, 2.75) is 11.8 Å². The summed E-state index contributed by atoms with van der Waals surface area (Å²) < 4.78 is 27.6. The predicted octanol–water partition coefficient (Wildman–Crippen LogP) is 2.86. The highest BCUT2D eigenvalue weighted by Gasteiger charge is 2.18. The molecular formula is C17H16ClN5O3S2. The van der Waals surface area contributed by atoms with Crippen LogP contribution in [-0.4, -0.2) is 30.8 Å². The molecule has 11 heteroatoms. The van der Waals surface area contributed by atoms with E-state index in [2.05, 4.69) is 20.0 Å². The lowest BCUT2D eigenvalue weighted by Crippen LogP contribution is -2.21. The number of benzene rings is 1. The van der Waals surface area contributed by atoms with Gasteiger partial charge in [0.1, 0.15) is 0 Å². The summed E-state index contributed by atoms with van der Waals surface area (Å²) in [6, 6.07) is 9.51. The van der Waals surface area contributed by atoms with Crippen molar-refractivity contribution in [3.8, 4) is 10.4 Å². The molecule has 8 nitrogen and oxygen atoms in total. The van der Waals surface area contributed by atoms with Crippen molar-refractivity contribution >= 4 is 49.7 Å². The van der Waals surface area contributed by atoms with Crippen molar-refractivity contribution in [2.24, 2.45) is 5.73 Å². The van der Waals surface area contributed by atoms with Crippen LogP contribution in [0.25, 0.3) is 10.4 Å². The SMILES string of the molecule is Cc1nc(NC(=O)CN)sc1-c1cnc(Cl)c(NS(=O)(=O)c2ccccc2)c1. The molecule has 0 bridgehead atoms. The van der Waals surface area contributed by atoms with Gasteiger partial charge >= 0.3 is 0 Å². The number of rotatable bonds is 6. The molecule has 2 aromatic heterocycles. The summed E-state index contributed by atoms with van der Waals surface area (Å²) in [5.41, 5.74) is 6.70. The van der Waals surface area contributed by atoms with Gasteiger partial charge in [-0.05, 0) is 25.1 Å². The summed E-state index contributed by atoms with van der Waals surface area (Å²) in [4.78, 5) is 20.6. The quantitative estimate of drug-likeness (QED) is 0.509. The average molecular weight is 438 g/mol. The van der Waals surface area contributed by atoms with Crippen LogP contribution in [0.15, 0.2) is 47.5 Å². The Morgan fingerprint density at radius 2 is 2.00 bits per heavy atom. The zero-order chi connectivity index (χ0) is 20.3. The molecule has 2 heterocycles. The first-order valence-corrected chi connectivity index (χ1v) is 10.7. The summed E-state index contributed by atoms with van der Waals surface area (Å²) in [6.45, 7) is 1.62. The van der Waals surface area contributed by atoms with Crippen LogP contribution in [0.1, 0.15) is 5.69 Å². The van der Waals surface area contributed by atoms with Gasteiger partial charge in [-0.25, -0.2) is 18.4 Å². The van der Waals surface area contributed by atoms with E-state index < -0.39 is 10.0 Å². The van der Waals surface area contributed by atoms with E-state index in [1.54, 1.807) is 31.2 Å². The maximum Gasteiger partial charge on any atom is 0.261 e. The fourth-order valence-electron chi connectivity index (χ4n) is 2.34. The Balaban J connectivity index is 1.93. The molecular weight excluding hydrogens is 422 g/mol. The number of hydrogen-bond donors (Lipinski definition) is 3. The number of nitrogens with one attached hydrogen (secondary N) is 2. The molecule has 0 radical (unpaired) electrons. The van der Waals surface area contributed by atoms with Crippen LogP contribution in [0.3, 0.4) is 0 Å². The largest absolute Gasteiger partial charge is 0.322 e. The van der Waals surface area contributed by atoms with E-state index in [9.17, 15) is 13.2 Å². The highest BCUT2D eigenvalue weighted by Crippen LogP contribution is 2.35. The van der Waals surface area contributed by atoms with E-state index in [4.69, 9.17) is 17.3 Å². The Labute approximate surface area is 170 Å². The van der Waals surface area contributed by atoms with E-state index in [0.29, 0.717) is 16.4 Å². The zero-order valence-corrected chi connectivity index (χ0v) is 17.0. The number of nitrogens with two attached hydrogens (primary N) is 1. The highest BCUT2D eigenvalue weighted by atomic mass is 35.5. The van der Waals surface area contributed by atoms with Crippen LogP contribution in [0.2, 0.25) is 5.15 Å². The van der Waals surface area contributed by atoms with Gasteiger partial charge in [-0.2, -0.15) is 0 Å². The Morgan fingerprint density at radius 3 is 2.68 bits per heavy atom. The fourth-order valence-corrected chi connectivity index (χ4v) is 4.58. The molecule has 0 atom stereocenters. The zero-order valence-electron chi connectivity index (χ0n) is 14.6. The molecule has 1 aromatic carbocycles. The first-order valence-electron chi connectivity index (χ1n) is 8.01. The summed E-state index contributed by atoms with van der Waals surface area (Å²) in [6.07, 6.45) is 1.51. The molecule has 0 aliphatic rings. The number of pyridine rings is 1. The van der Waals surface area contributed by atoms with Gasteiger partial charge in [-0.3, -0.25) is 9.52 Å². The Bertz CT molecular complexity index is 1120. The molecule has 0 saturated carbocycles. The maximum absolute atomic E-state index is 12.6. The van der Waals surface area contributed by atoms with Crippen LogP contribution in [0, 0.1) is 6.92 Å². The second-order valence-corrected chi connectivity index (χ2v) is 8.71. The van der Waals surface area contributed by atoms with Crippen molar-refractivity contribution in [1.29, 1.82) is 0 Å². The van der Waals surface area contributed by atoms with Crippen molar-refractivity contribution in [3.05, 3.63) is 53.4 Å². The average Bonchev–Trinajstić information content (AvgIpc) is 3.04. The van der Waals surface area contributed by atoms with Crippen LogP contribution in [0.5, 0.6) is 0 Å². The van der Waals surface area contributed by atoms with E-state index in [1.165, 1.54) is 29.7 Å². The van der Waals surface area contributed by atoms with Gasteiger partial charge in [-0.1, -0.05) is 41.1 Å². The molecule has 0 aliphatic heterocycles. The van der Waals surface area contributed by atoms with Gasteiger partial charge in [0, 0.05) is 11.8 Å². The molecule has 3 rings (SSSR count). The number of anilines is 2. The van der Waals surface area contributed by atoms with E-state index >= 15 is 0 Å². The normalized spacial score (nSPS) is 11.2. The van der Waals surface area contributed by atoms with Crippen molar-refractivity contribution in [3.63, 3.8) is 0 Å². The molecule has 0 aliphatic carbocycles. The Hall–Kier alpha value is -2.53. The maximum atomic E-state index is 12.6. The van der Waals surface area contributed by atoms with E-state index in [1.807, 2.05) is 0 Å². The minimum atomic E-state index is -3.82.